The van der Waals surface area contributed by atoms with Gasteiger partial charge in [-0.3, -0.25) is 4.79 Å². The van der Waals surface area contributed by atoms with Crippen molar-refractivity contribution < 1.29 is 27.5 Å². The summed E-state index contributed by atoms with van der Waals surface area (Å²) < 4.78 is 36.9. The molecular formula is C22H23Cl2N3O6S. The second-order valence-electron chi connectivity index (χ2n) is 7.04. The van der Waals surface area contributed by atoms with Crippen molar-refractivity contribution in [1.82, 2.24) is 9.29 Å². The summed E-state index contributed by atoms with van der Waals surface area (Å²) in [5.74, 6) is -0.391. The second kappa shape index (κ2) is 11.1. The molecule has 0 saturated heterocycles. The number of nitrogens with zero attached hydrogens (tertiary/aromatic N) is 1. The lowest BCUT2D eigenvalue weighted by molar-refractivity contribution is 0.0596. The minimum absolute atomic E-state index is 0.00808. The monoisotopic (exact) mass is 527 g/mol. The van der Waals surface area contributed by atoms with Crippen molar-refractivity contribution >= 4 is 61.7 Å². The summed E-state index contributed by atoms with van der Waals surface area (Å²) >= 11 is 11.4. The Balaban J connectivity index is 1.91. The Morgan fingerprint density at radius 2 is 1.68 bits per heavy atom. The number of aromatic amines is 1. The molecule has 0 atom stereocenters. The van der Waals surface area contributed by atoms with Crippen molar-refractivity contribution in [1.29, 1.82) is 0 Å². The molecule has 0 saturated carbocycles. The number of esters is 1. The number of ether oxygens (including phenoxy) is 2. The number of sulfonamides is 1. The highest BCUT2D eigenvalue weighted by molar-refractivity contribution is 7.89. The van der Waals surface area contributed by atoms with Gasteiger partial charge >= 0.3 is 5.97 Å². The molecule has 182 valence electrons. The summed E-state index contributed by atoms with van der Waals surface area (Å²) in [7, 11) is -1.07. The van der Waals surface area contributed by atoms with Crippen molar-refractivity contribution in [2.24, 2.45) is 0 Å². The molecule has 2 aromatic carbocycles. The molecular weight excluding hydrogens is 505 g/mol. The molecule has 0 aliphatic rings. The van der Waals surface area contributed by atoms with E-state index in [1.807, 2.05) is 0 Å². The Morgan fingerprint density at radius 1 is 1.03 bits per heavy atom. The molecule has 2 N–H and O–H groups in total. The standard InChI is InChI=1S/C22H23Cl2N3O6S/c1-32-15-5-8-17-18(13-15)25-20(22(29)33-2)19(17)26-21(28)14-3-6-16(7-4-14)34(30,31)27(11-9-23)12-10-24/h3-8,13,25H,9-12H2,1-2H3,(H,26,28). The van der Waals surface area contributed by atoms with E-state index in [2.05, 4.69) is 10.3 Å². The smallest absolute Gasteiger partial charge is 0.356 e. The van der Waals surface area contributed by atoms with Gasteiger partial charge in [-0.05, 0) is 36.4 Å². The lowest BCUT2D eigenvalue weighted by Gasteiger charge is -2.20. The third-order valence-corrected chi connectivity index (χ3v) is 7.31. The summed E-state index contributed by atoms with van der Waals surface area (Å²) in [5, 5.41) is 3.29. The average molecular weight is 528 g/mol. The highest BCUT2D eigenvalue weighted by Crippen LogP contribution is 2.31. The maximum atomic E-state index is 12.9. The zero-order valence-corrected chi connectivity index (χ0v) is 20.8. The van der Waals surface area contributed by atoms with Crippen LogP contribution in [0.15, 0.2) is 47.4 Å². The van der Waals surface area contributed by atoms with Crippen LogP contribution in [-0.2, 0) is 14.8 Å². The van der Waals surface area contributed by atoms with Gasteiger partial charge in [0.2, 0.25) is 10.0 Å². The van der Waals surface area contributed by atoms with Crippen LogP contribution >= 0.6 is 23.2 Å². The Labute approximate surface area is 207 Å². The number of H-pyrrole nitrogens is 1. The van der Waals surface area contributed by atoms with Crippen molar-refractivity contribution in [2.75, 3.05) is 44.4 Å². The number of alkyl halides is 2. The van der Waals surface area contributed by atoms with E-state index < -0.39 is 21.9 Å². The van der Waals surface area contributed by atoms with Crippen molar-refractivity contribution in [2.45, 2.75) is 4.90 Å². The van der Waals surface area contributed by atoms with Crippen molar-refractivity contribution in [3.8, 4) is 5.75 Å². The fraction of sp³-hybridized carbons (Fsp3) is 0.273. The van der Waals surface area contributed by atoms with Crippen LogP contribution in [0.5, 0.6) is 5.75 Å². The Kier molecular flexibility index (Phi) is 8.42. The number of anilines is 1. The molecule has 9 nitrogen and oxygen atoms in total. The van der Waals surface area contributed by atoms with Crippen LogP contribution in [0.3, 0.4) is 0 Å². The van der Waals surface area contributed by atoms with E-state index in [9.17, 15) is 18.0 Å². The SMILES string of the molecule is COC(=O)c1[nH]c2cc(OC)ccc2c1NC(=O)c1ccc(S(=O)(=O)N(CCCl)CCCl)cc1. The van der Waals surface area contributed by atoms with Crippen LogP contribution in [-0.4, -0.2) is 68.7 Å². The minimum Gasteiger partial charge on any atom is -0.497 e. The number of nitrogens with one attached hydrogen (secondary N) is 2. The summed E-state index contributed by atoms with van der Waals surface area (Å²) in [6, 6.07) is 10.5. The highest BCUT2D eigenvalue weighted by Gasteiger charge is 2.25. The normalized spacial score (nSPS) is 11.6. The molecule has 0 radical (unpaired) electrons. The number of benzene rings is 2. The van der Waals surface area contributed by atoms with Crippen LogP contribution in [0.4, 0.5) is 5.69 Å². The zero-order valence-electron chi connectivity index (χ0n) is 18.4. The molecule has 1 amide bonds. The number of carbonyl (C=O) groups is 2. The summed E-state index contributed by atoms with van der Waals surface area (Å²) in [6.07, 6.45) is 0. The largest absolute Gasteiger partial charge is 0.497 e. The van der Waals surface area contributed by atoms with Gasteiger partial charge in [0.25, 0.3) is 5.91 Å². The van der Waals surface area contributed by atoms with Gasteiger partial charge in [-0.25, -0.2) is 13.2 Å². The van der Waals surface area contributed by atoms with Crippen molar-refractivity contribution in [3.05, 3.63) is 53.7 Å². The number of carbonyl (C=O) groups excluding carboxylic acids is 2. The number of rotatable bonds is 10. The first kappa shape index (κ1) is 25.8. The predicted octanol–water partition coefficient (Wildman–Crippen LogP) is 3.68. The number of methoxy groups -OCH3 is 2. The number of hydrogen-bond donors (Lipinski definition) is 2. The van der Waals surface area contributed by atoms with Crippen LogP contribution in [0.2, 0.25) is 0 Å². The van der Waals surface area contributed by atoms with Gasteiger partial charge < -0.3 is 19.8 Å². The Bertz CT molecular complexity index is 1290. The van der Waals surface area contributed by atoms with E-state index in [1.54, 1.807) is 18.2 Å². The summed E-state index contributed by atoms with van der Waals surface area (Å²) in [6.45, 7) is 0.223. The number of fused-ring (bicyclic) bond motifs is 1. The van der Waals surface area contributed by atoms with E-state index in [0.29, 0.717) is 16.7 Å². The fourth-order valence-corrected chi connectivity index (χ4v) is 5.39. The van der Waals surface area contributed by atoms with E-state index in [4.69, 9.17) is 32.7 Å². The topological polar surface area (TPSA) is 118 Å². The van der Waals surface area contributed by atoms with Crippen LogP contribution < -0.4 is 10.1 Å². The zero-order chi connectivity index (χ0) is 24.9. The van der Waals surface area contributed by atoms with Gasteiger partial charge in [-0.1, -0.05) is 0 Å². The van der Waals surface area contributed by atoms with E-state index in [-0.39, 0.29) is 46.7 Å². The number of halogens is 2. The molecule has 0 spiro atoms. The lowest BCUT2D eigenvalue weighted by atomic mass is 10.1. The van der Waals surface area contributed by atoms with Crippen LogP contribution in [0.25, 0.3) is 10.9 Å². The molecule has 0 aliphatic carbocycles. The minimum atomic E-state index is -3.82. The molecule has 0 aliphatic heterocycles. The van der Waals surface area contributed by atoms with Gasteiger partial charge in [0.15, 0.2) is 0 Å². The molecule has 0 fully saturated rings. The molecule has 1 heterocycles. The molecule has 12 heteroatoms. The number of amides is 1. The number of aromatic nitrogens is 1. The van der Waals surface area contributed by atoms with E-state index in [1.165, 1.54) is 42.8 Å². The Hall–Kier alpha value is -2.79. The number of hydrogen-bond acceptors (Lipinski definition) is 6. The third kappa shape index (κ3) is 5.30. The molecule has 3 aromatic rings. The quantitative estimate of drug-likeness (QED) is 0.306. The van der Waals surface area contributed by atoms with Gasteiger partial charge in [0, 0.05) is 41.9 Å². The Morgan fingerprint density at radius 3 is 2.24 bits per heavy atom. The molecule has 34 heavy (non-hydrogen) atoms. The van der Waals surface area contributed by atoms with Crippen LogP contribution in [0.1, 0.15) is 20.8 Å². The lowest BCUT2D eigenvalue weighted by Crippen LogP contribution is -2.34. The fourth-order valence-electron chi connectivity index (χ4n) is 3.34. The molecule has 3 rings (SSSR count). The van der Waals surface area contributed by atoms with E-state index >= 15 is 0 Å². The van der Waals surface area contributed by atoms with Gasteiger partial charge in [-0.2, -0.15) is 4.31 Å². The second-order valence-corrected chi connectivity index (χ2v) is 9.73. The predicted molar refractivity (Wildman–Crippen MR) is 131 cm³/mol. The highest BCUT2D eigenvalue weighted by atomic mass is 35.5. The average Bonchev–Trinajstić information content (AvgIpc) is 3.20. The maximum absolute atomic E-state index is 12.9. The van der Waals surface area contributed by atoms with Gasteiger partial charge in [0.05, 0.1) is 30.3 Å². The summed E-state index contributed by atoms with van der Waals surface area (Å²) in [4.78, 5) is 28.2. The first-order chi connectivity index (χ1) is 16.3. The van der Waals surface area contributed by atoms with Crippen molar-refractivity contribution in [3.63, 3.8) is 0 Å². The molecule has 1 aromatic heterocycles. The molecule has 0 bridgehead atoms. The summed E-state index contributed by atoms with van der Waals surface area (Å²) in [5.41, 5.74) is 1.06. The maximum Gasteiger partial charge on any atom is 0.356 e. The van der Waals surface area contributed by atoms with Crippen LogP contribution in [0, 0.1) is 0 Å². The first-order valence-electron chi connectivity index (χ1n) is 10.1. The van der Waals surface area contributed by atoms with E-state index in [0.717, 1.165) is 0 Å². The first-order valence-corrected chi connectivity index (χ1v) is 12.6. The van der Waals surface area contributed by atoms with Gasteiger partial charge in [0.1, 0.15) is 11.4 Å². The van der Waals surface area contributed by atoms with Gasteiger partial charge in [-0.15, -0.1) is 23.2 Å². The molecule has 0 unspecified atom stereocenters. The third-order valence-electron chi connectivity index (χ3n) is 5.06.